The molecular weight excluding hydrogens is 174 g/mol. The Morgan fingerprint density at radius 3 is 2.79 bits per heavy atom. The van der Waals surface area contributed by atoms with Gasteiger partial charge in [0, 0.05) is 13.1 Å². The molecule has 0 saturated carbocycles. The van der Waals surface area contributed by atoms with E-state index in [4.69, 9.17) is 5.26 Å². The van der Waals surface area contributed by atoms with Crippen LogP contribution in [-0.4, -0.2) is 20.1 Å². The maximum atomic E-state index is 8.89. The summed E-state index contributed by atoms with van der Waals surface area (Å²) in [7, 11) is 1.90. The first-order valence-electron chi connectivity index (χ1n) is 4.67. The smallest absolute Gasteiger partial charge is 0.101 e. The molecule has 0 atom stereocenters. The summed E-state index contributed by atoms with van der Waals surface area (Å²) in [4.78, 5) is 0. The summed E-state index contributed by atoms with van der Waals surface area (Å²) in [5, 5.41) is 15.1. The van der Waals surface area contributed by atoms with E-state index in [0.29, 0.717) is 5.56 Å². The van der Waals surface area contributed by atoms with Crippen molar-refractivity contribution in [1.82, 2.24) is 5.32 Å². The predicted molar refractivity (Wildman–Crippen MR) is 58.3 cm³/mol. The highest BCUT2D eigenvalue weighted by molar-refractivity contribution is 5.58. The Morgan fingerprint density at radius 2 is 2.14 bits per heavy atom. The van der Waals surface area contributed by atoms with Gasteiger partial charge in [0.25, 0.3) is 0 Å². The number of anilines is 1. The Morgan fingerprint density at radius 1 is 1.36 bits per heavy atom. The standard InChI is InChI=1S/C11H15N3/c1-9-3-4-11(10(7-9)8-12)14-6-5-13-2/h3-4,7,13-14H,5-6H2,1-2H3. The zero-order chi connectivity index (χ0) is 10.4. The molecule has 0 aliphatic rings. The van der Waals surface area contributed by atoms with Crippen LogP contribution in [0.1, 0.15) is 11.1 Å². The number of hydrogen-bond acceptors (Lipinski definition) is 3. The number of nitrogens with one attached hydrogen (secondary N) is 2. The van der Waals surface area contributed by atoms with Crippen LogP contribution in [0, 0.1) is 18.3 Å². The van der Waals surface area contributed by atoms with Crippen LogP contribution in [0.3, 0.4) is 0 Å². The average molecular weight is 189 g/mol. The van der Waals surface area contributed by atoms with Gasteiger partial charge in [-0.1, -0.05) is 6.07 Å². The normalized spacial score (nSPS) is 9.50. The summed E-state index contributed by atoms with van der Waals surface area (Å²) in [6.45, 7) is 3.70. The predicted octanol–water partition coefficient (Wildman–Crippen LogP) is 1.50. The fourth-order valence-corrected chi connectivity index (χ4v) is 1.23. The zero-order valence-electron chi connectivity index (χ0n) is 8.59. The highest BCUT2D eigenvalue weighted by atomic mass is 14.9. The van der Waals surface area contributed by atoms with Crippen LogP contribution in [-0.2, 0) is 0 Å². The Kier molecular flexibility index (Phi) is 3.96. The van der Waals surface area contributed by atoms with Crippen molar-refractivity contribution >= 4 is 5.69 Å². The van der Waals surface area contributed by atoms with Gasteiger partial charge in [-0.3, -0.25) is 0 Å². The van der Waals surface area contributed by atoms with E-state index >= 15 is 0 Å². The minimum absolute atomic E-state index is 0.709. The fraction of sp³-hybridized carbons (Fsp3) is 0.364. The van der Waals surface area contributed by atoms with E-state index < -0.39 is 0 Å². The van der Waals surface area contributed by atoms with E-state index in [1.54, 1.807) is 0 Å². The van der Waals surface area contributed by atoms with E-state index in [1.165, 1.54) is 0 Å². The number of likely N-dealkylation sites (N-methyl/N-ethyl adjacent to an activating group) is 1. The maximum Gasteiger partial charge on any atom is 0.101 e. The lowest BCUT2D eigenvalue weighted by molar-refractivity contribution is 0.823. The maximum absolute atomic E-state index is 8.89. The molecule has 0 amide bonds. The Labute approximate surface area is 84.7 Å². The third kappa shape index (κ3) is 2.75. The molecule has 3 heteroatoms. The lowest BCUT2D eigenvalue weighted by Crippen LogP contribution is -2.18. The van der Waals surface area contributed by atoms with Crippen molar-refractivity contribution in [2.75, 3.05) is 25.5 Å². The molecule has 0 aromatic heterocycles. The van der Waals surface area contributed by atoms with Gasteiger partial charge in [0.1, 0.15) is 6.07 Å². The summed E-state index contributed by atoms with van der Waals surface area (Å²) >= 11 is 0. The second kappa shape index (κ2) is 5.25. The molecule has 3 nitrogen and oxygen atoms in total. The van der Waals surface area contributed by atoms with Crippen molar-refractivity contribution in [3.63, 3.8) is 0 Å². The molecule has 0 bridgehead atoms. The Balaban J connectivity index is 2.72. The van der Waals surface area contributed by atoms with Gasteiger partial charge in [-0.05, 0) is 31.7 Å². The van der Waals surface area contributed by atoms with Crippen LogP contribution < -0.4 is 10.6 Å². The summed E-state index contributed by atoms with van der Waals surface area (Å²) in [5.74, 6) is 0. The van der Waals surface area contributed by atoms with Crippen molar-refractivity contribution in [2.24, 2.45) is 0 Å². The average Bonchev–Trinajstić information content (AvgIpc) is 2.20. The molecule has 14 heavy (non-hydrogen) atoms. The van der Waals surface area contributed by atoms with Crippen molar-refractivity contribution in [1.29, 1.82) is 5.26 Å². The molecule has 74 valence electrons. The molecule has 0 fully saturated rings. The minimum Gasteiger partial charge on any atom is -0.383 e. The lowest BCUT2D eigenvalue weighted by Gasteiger charge is -2.08. The van der Waals surface area contributed by atoms with Crippen LogP contribution >= 0.6 is 0 Å². The molecule has 0 aliphatic carbocycles. The van der Waals surface area contributed by atoms with Crippen molar-refractivity contribution in [3.05, 3.63) is 29.3 Å². The monoisotopic (exact) mass is 189 g/mol. The quantitative estimate of drug-likeness (QED) is 0.706. The first-order chi connectivity index (χ1) is 6.77. The Bertz CT molecular complexity index is 339. The molecule has 0 heterocycles. The first kappa shape index (κ1) is 10.6. The molecule has 0 spiro atoms. The summed E-state index contributed by atoms with van der Waals surface area (Å²) < 4.78 is 0. The zero-order valence-corrected chi connectivity index (χ0v) is 8.59. The van der Waals surface area contributed by atoms with Crippen LogP contribution in [0.2, 0.25) is 0 Å². The van der Waals surface area contributed by atoms with Gasteiger partial charge >= 0.3 is 0 Å². The summed E-state index contributed by atoms with van der Waals surface area (Å²) in [6.07, 6.45) is 0. The molecular formula is C11H15N3. The molecule has 0 radical (unpaired) electrons. The summed E-state index contributed by atoms with van der Waals surface area (Å²) in [6, 6.07) is 8.02. The Hall–Kier alpha value is -1.53. The second-order valence-corrected chi connectivity index (χ2v) is 3.19. The number of nitriles is 1. The van der Waals surface area contributed by atoms with Gasteiger partial charge in [0.05, 0.1) is 11.3 Å². The highest BCUT2D eigenvalue weighted by Gasteiger charge is 2.00. The van der Waals surface area contributed by atoms with Gasteiger partial charge in [0.2, 0.25) is 0 Å². The topological polar surface area (TPSA) is 47.8 Å². The molecule has 1 aromatic carbocycles. The van der Waals surface area contributed by atoms with Crippen LogP contribution in [0.25, 0.3) is 0 Å². The number of nitrogens with zero attached hydrogens (tertiary/aromatic N) is 1. The largest absolute Gasteiger partial charge is 0.383 e. The van der Waals surface area contributed by atoms with Crippen LogP contribution in [0.15, 0.2) is 18.2 Å². The SMILES string of the molecule is CNCCNc1ccc(C)cc1C#N. The van der Waals surface area contributed by atoms with Gasteiger partial charge in [-0.15, -0.1) is 0 Å². The molecule has 0 aliphatic heterocycles. The summed E-state index contributed by atoms with van der Waals surface area (Å²) in [5.41, 5.74) is 2.73. The lowest BCUT2D eigenvalue weighted by atomic mass is 10.1. The van der Waals surface area contributed by atoms with E-state index in [2.05, 4.69) is 16.7 Å². The van der Waals surface area contributed by atoms with Crippen molar-refractivity contribution in [3.8, 4) is 6.07 Å². The van der Waals surface area contributed by atoms with E-state index in [0.717, 1.165) is 24.3 Å². The molecule has 0 unspecified atom stereocenters. The van der Waals surface area contributed by atoms with Gasteiger partial charge in [0.15, 0.2) is 0 Å². The van der Waals surface area contributed by atoms with Gasteiger partial charge in [-0.2, -0.15) is 5.26 Å². The van der Waals surface area contributed by atoms with Crippen molar-refractivity contribution in [2.45, 2.75) is 6.92 Å². The van der Waals surface area contributed by atoms with E-state index in [9.17, 15) is 0 Å². The first-order valence-corrected chi connectivity index (χ1v) is 4.67. The van der Waals surface area contributed by atoms with Gasteiger partial charge in [-0.25, -0.2) is 0 Å². The van der Waals surface area contributed by atoms with E-state index in [-0.39, 0.29) is 0 Å². The number of benzene rings is 1. The van der Waals surface area contributed by atoms with Gasteiger partial charge < -0.3 is 10.6 Å². The second-order valence-electron chi connectivity index (χ2n) is 3.19. The van der Waals surface area contributed by atoms with E-state index in [1.807, 2.05) is 32.2 Å². The molecule has 1 aromatic rings. The van der Waals surface area contributed by atoms with Crippen LogP contribution in [0.5, 0.6) is 0 Å². The number of rotatable bonds is 4. The third-order valence-corrected chi connectivity index (χ3v) is 1.99. The van der Waals surface area contributed by atoms with Crippen molar-refractivity contribution < 1.29 is 0 Å². The highest BCUT2D eigenvalue weighted by Crippen LogP contribution is 2.15. The number of aryl methyl sites for hydroxylation is 1. The minimum atomic E-state index is 0.709. The molecule has 0 saturated heterocycles. The van der Waals surface area contributed by atoms with Crippen LogP contribution in [0.4, 0.5) is 5.69 Å². The number of hydrogen-bond donors (Lipinski definition) is 2. The fourth-order valence-electron chi connectivity index (χ4n) is 1.23. The molecule has 1 rings (SSSR count). The third-order valence-electron chi connectivity index (χ3n) is 1.99. The molecule has 2 N–H and O–H groups in total.